The largest absolute Gasteiger partial charge is 0.342 e. The number of likely N-dealkylation sites (tertiary alicyclic amines) is 1. The molecule has 6 heteroatoms. The summed E-state index contributed by atoms with van der Waals surface area (Å²) >= 11 is 7.74. The fraction of sp³-hybridized carbons (Fsp3) is 0.600. The third-order valence-corrected chi connectivity index (χ3v) is 7.79. The number of amides is 2. The summed E-state index contributed by atoms with van der Waals surface area (Å²) in [5.41, 5.74) is 0.913. The quantitative estimate of drug-likeness (QED) is 0.752. The lowest BCUT2D eigenvalue weighted by molar-refractivity contribution is -0.137. The molecule has 2 heterocycles. The van der Waals surface area contributed by atoms with E-state index in [2.05, 4.69) is 0 Å². The Morgan fingerprint density at radius 2 is 1.73 bits per heavy atom. The lowest BCUT2D eigenvalue weighted by Crippen LogP contribution is -2.54. The summed E-state index contributed by atoms with van der Waals surface area (Å²) in [7, 11) is 0. The number of halogens is 1. The minimum Gasteiger partial charge on any atom is -0.342 e. The van der Waals surface area contributed by atoms with Gasteiger partial charge in [-0.3, -0.25) is 14.5 Å². The number of nitrogens with zero attached hydrogens (tertiary/aromatic N) is 2. The predicted molar refractivity (Wildman–Crippen MR) is 107 cm³/mol. The average Bonchev–Trinajstić information content (AvgIpc) is 2.99. The lowest BCUT2D eigenvalue weighted by Gasteiger charge is -2.44. The number of anilines is 1. The molecule has 0 aromatic heterocycles. The molecule has 1 aromatic carbocycles. The van der Waals surface area contributed by atoms with Gasteiger partial charge in [0.1, 0.15) is 0 Å². The Morgan fingerprint density at radius 1 is 1.08 bits per heavy atom. The molecule has 0 N–H and O–H groups in total. The van der Waals surface area contributed by atoms with Gasteiger partial charge in [-0.05, 0) is 49.9 Å². The molecule has 1 spiro atoms. The second kappa shape index (κ2) is 7.43. The molecule has 1 saturated carbocycles. The molecule has 0 bridgehead atoms. The topological polar surface area (TPSA) is 40.6 Å². The van der Waals surface area contributed by atoms with Gasteiger partial charge >= 0.3 is 0 Å². The number of piperidine rings is 1. The molecule has 26 heavy (non-hydrogen) atoms. The van der Waals surface area contributed by atoms with Crippen molar-refractivity contribution < 1.29 is 9.59 Å². The monoisotopic (exact) mass is 392 g/mol. The SMILES string of the molecule is O=C(C1CCCCC1)N1CCC2(CC1)SCC(=O)N2c1ccc(Cl)cc1. The molecule has 140 valence electrons. The molecule has 1 aromatic rings. The predicted octanol–water partition coefficient (Wildman–Crippen LogP) is 4.32. The molecular weight excluding hydrogens is 368 g/mol. The Hall–Kier alpha value is -1.20. The molecule has 2 saturated heterocycles. The number of carbonyl (C=O) groups excluding carboxylic acids is 2. The van der Waals surface area contributed by atoms with E-state index < -0.39 is 0 Å². The third-order valence-electron chi connectivity index (χ3n) is 6.02. The van der Waals surface area contributed by atoms with Gasteiger partial charge in [0.15, 0.2) is 0 Å². The Labute approximate surface area is 164 Å². The average molecular weight is 393 g/mol. The third kappa shape index (κ3) is 3.36. The first-order chi connectivity index (χ1) is 12.6. The van der Waals surface area contributed by atoms with E-state index in [4.69, 9.17) is 11.6 Å². The first-order valence-corrected chi connectivity index (χ1v) is 11.0. The summed E-state index contributed by atoms with van der Waals surface area (Å²) in [6.45, 7) is 1.50. The molecule has 1 aliphatic carbocycles. The standard InChI is InChI=1S/C20H25ClN2O2S/c21-16-6-8-17(9-7-16)23-18(24)14-26-20(23)10-12-22(13-11-20)19(25)15-4-2-1-3-5-15/h6-9,15H,1-5,10-14H2. The zero-order chi connectivity index (χ0) is 18.1. The first-order valence-electron chi connectivity index (χ1n) is 9.60. The van der Waals surface area contributed by atoms with Gasteiger partial charge in [-0.25, -0.2) is 0 Å². The van der Waals surface area contributed by atoms with Gasteiger partial charge in [-0.1, -0.05) is 30.9 Å². The fourth-order valence-electron chi connectivity index (χ4n) is 4.57. The van der Waals surface area contributed by atoms with Crippen LogP contribution < -0.4 is 4.90 Å². The zero-order valence-electron chi connectivity index (χ0n) is 15.0. The zero-order valence-corrected chi connectivity index (χ0v) is 16.5. The number of hydrogen-bond donors (Lipinski definition) is 0. The van der Waals surface area contributed by atoms with Gasteiger partial charge in [0.25, 0.3) is 0 Å². The van der Waals surface area contributed by atoms with Gasteiger partial charge in [-0.15, -0.1) is 11.8 Å². The lowest BCUT2D eigenvalue weighted by atomic mass is 9.87. The van der Waals surface area contributed by atoms with Crippen LogP contribution in [0.4, 0.5) is 5.69 Å². The van der Waals surface area contributed by atoms with Gasteiger partial charge in [0.2, 0.25) is 11.8 Å². The van der Waals surface area contributed by atoms with E-state index in [-0.39, 0.29) is 16.7 Å². The maximum absolute atomic E-state index is 12.8. The van der Waals surface area contributed by atoms with E-state index in [1.165, 1.54) is 19.3 Å². The van der Waals surface area contributed by atoms with Crippen molar-refractivity contribution in [2.75, 3.05) is 23.7 Å². The van der Waals surface area contributed by atoms with E-state index in [1.807, 2.05) is 34.1 Å². The number of hydrogen-bond acceptors (Lipinski definition) is 3. The Bertz CT molecular complexity index is 680. The molecule has 4 nitrogen and oxygen atoms in total. The molecule has 3 aliphatic rings. The van der Waals surface area contributed by atoms with Crippen molar-refractivity contribution in [1.82, 2.24) is 4.90 Å². The van der Waals surface area contributed by atoms with Crippen molar-refractivity contribution in [3.05, 3.63) is 29.3 Å². The van der Waals surface area contributed by atoms with E-state index in [0.717, 1.165) is 44.5 Å². The summed E-state index contributed by atoms with van der Waals surface area (Å²) in [4.78, 5) is 29.2. The second-order valence-corrected chi connectivity index (χ2v) is 9.37. The number of benzene rings is 1. The Balaban J connectivity index is 1.47. The fourth-order valence-corrected chi connectivity index (χ4v) is 6.03. The summed E-state index contributed by atoms with van der Waals surface area (Å²) in [5, 5.41) is 0.676. The summed E-state index contributed by atoms with van der Waals surface area (Å²) in [5.74, 6) is 1.23. The highest BCUT2D eigenvalue weighted by molar-refractivity contribution is 8.02. The first kappa shape index (κ1) is 18.2. The molecule has 2 aliphatic heterocycles. The van der Waals surface area contributed by atoms with Crippen LogP contribution in [0.25, 0.3) is 0 Å². The van der Waals surface area contributed by atoms with Crippen LogP contribution in [-0.4, -0.2) is 40.4 Å². The normalized spacial score (nSPS) is 23.7. The molecule has 0 unspecified atom stereocenters. The smallest absolute Gasteiger partial charge is 0.238 e. The van der Waals surface area contributed by atoms with Crippen LogP contribution in [0.2, 0.25) is 5.02 Å². The molecular formula is C20H25ClN2O2S. The maximum atomic E-state index is 12.8. The highest BCUT2D eigenvalue weighted by atomic mass is 35.5. The molecule has 0 radical (unpaired) electrons. The van der Waals surface area contributed by atoms with E-state index in [9.17, 15) is 9.59 Å². The van der Waals surface area contributed by atoms with Crippen LogP contribution in [0.5, 0.6) is 0 Å². The van der Waals surface area contributed by atoms with Crippen LogP contribution >= 0.6 is 23.4 Å². The maximum Gasteiger partial charge on any atom is 0.238 e. The van der Waals surface area contributed by atoms with Crippen molar-refractivity contribution in [3.63, 3.8) is 0 Å². The van der Waals surface area contributed by atoms with E-state index in [1.54, 1.807) is 11.8 Å². The minimum atomic E-state index is -0.214. The summed E-state index contributed by atoms with van der Waals surface area (Å²) in [6, 6.07) is 7.52. The van der Waals surface area contributed by atoms with Crippen molar-refractivity contribution in [2.24, 2.45) is 5.92 Å². The van der Waals surface area contributed by atoms with Crippen molar-refractivity contribution in [3.8, 4) is 0 Å². The van der Waals surface area contributed by atoms with E-state index >= 15 is 0 Å². The van der Waals surface area contributed by atoms with Crippen LogP contribution in [0.1, 0.15) is 44.9 Å². The van der Waals surface area contributed by atoms with Crippen LogP contribution in [0.3, 0.4) is 0 Å². The van der Waals surface area contributed by atoms with Crippen molar-refractivity contribution >= 4 is 40.9 Å². The van der Waals surface area contributed by atoms with Crippen molar-refractivity contribution in [2.45, 2.75) is 49.8 Å². The Kier molecular flexibility index (Phi) is 5.20. The van der Waals surface area contributed by atoms with Gasteiger partial charge in [0.05, 0.1) is 10.6 Å². The number of rotatable bonds is 2. The van der Waals surface area contributed by atoms with E-state index in [0.29, 0.717) is 16.7 Å². The number of carbonyl (C=O) groups is 2. The van der Waals surface area contributed by atoms with Crippen molar-refractivity contribution in [1.29, 1.82) is 0 Å². The highest BCUT2D eigenvalue weighted by Gasteiger charge is 2.49. The summed E-state index contributed by atoms with van der Waals surface area (Å²) in [6.07, 6.45) is 7.40. The van der Waals surface area contributed by atoms with Gasteiger partial charge < -0.3 is 4.90 Å². The minimum absolute atomic E-state index is 0.157. The molecule has 3 fully saturated rings. The Morgan fingerprint density at radius 3 is 2.38 bits per heavy atom. The highest BCUT2D eigenvalue weighted by Crippen LogP contribution is 2.47. The van der Waals surface area contributed by atoms with Gasteiger partial charge in [-0.2, -0.15) is 0 Å². The van der Waals surface area contributed by atoms with Crippen LogP contribution in [0, 0.1) is 5.92 Å². The molecule has 4 rings (SSSR count). The summed E-state index contributed by atoms with van der Waals surface area (Å²) < 4.78 is 0. The van der Waals surface area contributed by atoms with Crippen LogP contribution in [-0.2, 0) is 9.59 Å². The molecule has 2 amide bonds. The number of thioether (sulfide) groups is 1. The molecule has 0 atom stereocenters. The van der Waals surface area contributed by atoms with Gasteiger partial charge in [0, 0.05) is 29.7 Å². The second-order valence-electron chi connectivity index (χ2n) is 7.60. The van der Waals surface area contributed by atoms with Crippen LogP contribution in [0.15, 0.2) is 24.3 Å².